The Morgan fingerprint density at radius 3 is 1.54 bits per heavy atom. The molecule has 1 saturated carbocycles. The molecule has 0 saturated heterocycles. The zero-order valence-electron chi connectivity index (χ0n) is 15.1. The molecule has 6 nitrogen and oxygen atoms in total. The Morgan fingerprint density at radius 2 is 1.17 bits per heavy atom. The van der Waals surface area contributed by atoms with Crippen LogP contribution in [0, 0.1) is 0 Å². The van der Waals surface area contributed by atoms with Crippen LogP contribution in [-0.2, 0) is 18.9 Å². The largest absolute Gasteiger partial charge is 0.508 e. The SMILES string of the molecule is CCCCCOC(=O)OC1CCCCC1OC(=O)OCCCCC. The van der Waals surface area contributed by atoms with Crippen molar-refractivity contribution in [1.29, 1.82) is 0 Å². The molecule has 0 amide bonds. The molecule has 2 atom stereocenters. The molecule has 1 aliphatic rings. The monoisotopic (exact) mass is 344 g/mol. The van der Waals surface area contributed by atoms with Crippen LogP contribution >= 0.6 is 0 Å². The number of hydrogen-bond donors (Lipinski definition) is 0. The minimum Gasteiger partial charge on any atom is -0.434 e. The summed E-state index contributed by atoms with van der Waals surface area (Å²) in [4.78, 5) is 23.5. The quantitative estimate of drug-likeness (QED) is 0.411. The van der Waals surface area contributed by atoms with Crippen LogP contribution in [0.1, 0.15) is 78.1 Å². The molecule has 24 heavy (non-hydrogen) atoms. The van der Waals surface area contributed by atoms with Crippen molar-refractivity contribution in [2.75, 3.05) is 13.2 Å². The number of hydrogen-bond acceptors (Lipinski definition) is 6. The van der Waals surface area contributed by atoms with Crippen molar-refractivity contribution in [2.24, 2.45) is 0 Å². The standard InChI is InChI=1S/C18H32O6/c1-3-5-9-13-21-17(19)23-15-11-7-8-12-16(15)24-18(20)22-14-10-6-4-2/h15-16H,3-14H2,1-2H3. The molecule has 1 fully saturated rings. The molecular formula is C18H32O6. The zero-order chi connectivity index (χ0) is 17.6. The van der Waals surface area contributed by atoms with Gasteiger partial charge in [-0.15, -0.1) is 0 Å². The van der Waals surface area contributed by atoms with Crippen LogP contribution in [0.5, 0.6) is 0 Å². The van der Waals surface area contributed by atoms with Gasteiger partial charge in [-0.05, 0) is 38.5 Å². The topological polar surface area (TPSA) is 71.1 Å². The molecule has 0 aromatic heterocycles. The van der Waals surface area contributed by atoms with E-state index in [1.807, 2.05) is 0 Å². The zero-order valence-corrected chi connectivity index (χ0v) is 15.1. The summed E-state index contributed by atoms with van der Waals surface area (Å²) in [5.41, 5.74) is 0. The normalized spacial score (nSPS) is 20.2. The number of ether oxygens (including phenoxy) is 4. The van der Waals surface area contributed by atoms with Gasteiger partial charge >= 0.3 is 12.3 Å². The first-order valence-electron chi connectivity index (χ1n) is 9.34. The minimum absolute atomic E-state index is 0.365. The van der Waals surface area contributed by atoms with E-state index >= 15 is 0 Å². The van der Waals surface area contributed by atoms with Gasteiger partial charge in [-0.3, -0.25) is 0 Å². The summed E-state index contributed by atoms with van der Waals surface area (Å²) >= 11 is 0. The maximum Gasteiger partial charge on any atom is 0.508 e. The number of rotatable bonds is 10. The first kappa shape index (κ1) is 20.6. The average molecular weight is 344 g/mol. The molecule has 2 unspecified atom stereocenters. The third kappa shape index (κ3) is 8.99. The lowest BCUT2D eigenvalue weighted by Gasteiger charge is -2.29. The maximum atomic E-state index is 11.7. The molecule has 0 aliphatic heterocycles. The fourth-order valence-corrected chi connectivity index (χ4v) is 2.66. The molecule has 0 aromatic rings. The highest BCUT2D eigenvalue weighted by Gasteiger charge is 2.32. The van der Waals surface area contributed by atoms with E-state index in [1.165, 1.54) is 0 Å². The first-order valence-corrected chi connectivity index (χ1v) is 9.34. The van der Waals surface area contributed by atoms with Crippen molar-refractivity contribution in [2.45, 2.75) is 90.3 Å². The first-order chi connectivity index (χ1) is 11.7. The van der Waals surface area contributed by atoms with E-state index in [2.05, 4.69) is 13.8 Å². The number of carbonyl (C=O) groups excluding carboxylic acids is 2. The summed E-state index contributed by atoms with van der Waals surface area (Å²) in [7, 11) is 0. The molecular weight excluding hydrogens is 312 g/mol. The number of unbranched alkanes of at least 4 members (excludes halogenated alkanes) is 4. The van der Waals surface area contributed by atoms with E-state index in [1.54, 1.807) is 0 Å². The van der Waals surface area contributed by atoms with Crippen LogP contribution in [-0.4, -0.2) is 37.7 Å². The van der Waals surface area contributed by atoms with Gasteiger partial charge in [0.25, 0.3) is 0 Å². The van der Waals surface area contributed by atoms with Crippen LogP contribution in [0.3, 0.4) is 0 Å². The van der Waals surface area contributed by atoms with Gasteiger partial charge in [-0.1, -0.05) is 39.5 Å². The van der Waals surface area contributed by atoms with Crippen molar-refractivity contribution in [3.8, 4) is 0 Å². The molecule has 0 radical (unpaired) electrons. The average Bonchev–Trinajstić information content (AvgIpc) is 2.57. The fraction of sp³-hybridized carbons (Fsp3) is 0.889. The van der Waals surface area contributed by atoms with Gasteiger partial charge in [-0.25, -0.2) is 9.59 Å². The smallest absolute Gasteiger partial charge is 0.434 e. The summed E-state index contributed by atoms with van der Waals surface area (Å²) in [5, 5.41) is 0. The Labute approximate surface area is 145 Å². The molecule has 0 N–H and O–H groups in total. The van der Waals surface area contributed by atoms with Crippen LogP contribution < -0.4 is 0 Å². The van der Waals surface area contributed by atoms with Gasteiger partial charge in [0.1, 0.15) is 12.2 Å². The van der Waals surface area contributed by atoms with Crippen molar-refractivity contribution in [3.05, 3.63) is 0 Å². The van der Waals surface area contributed by atoms with Crippen molar-refractivity contribution in [1.82, 2.24) is 0 Å². The lowest BCUT2D eigenvalue weighted by atomic mass is 9.95. The minimum atomic E-state index is -0.678. The Kier molecular flexibility index (Phi) is 11.1. The Balaban J connectivity index is 2.30. The summed E-state index contributed by atoms with van der Waals surface area (Å²) in [6, 6.07) is 0. The maximum absolute atomic E-state index is 11.7. The van der Waals surface area contributed by atoms with E-state index in [0.717, 1.165) is 51.4 Å². The van der Waals surface area contributed by atoms with Crippen molar-refractivity contribution in [3.63, 3.8) is 0 Å². The summed E-state index contributed by atoms with van der Waals surface area (Å²) in [6.45, 7) is 4.90. The van der Waals surface area contributed by atoms with Gasteiger partial charge < -0.3 is 18.9 Å². The highest BCUT2D eigenvalue weighted by Crippen LogP contribution is 2.24. The van der Waals surface area contributed by atoms with E-state index in [9.17, 15) is 9.59 Å². The van der Waals surface area contributed by atoms with Crippen molar-refractivity contribution < 1.29 is 28.5 Å². The Morgan fingerprint density at radius 1 is 0.750 bits per heavy atom. The molecule has 0 bridgehead atoms. The number of carbonyl (C=O) groups is 2. The predicted octanol–water partition coefficient (Wildman–Crippen LogP) is 4.98. The summed E-state index contributed by atoms with van der Waals surface area (Å²) in [5.74, 6) is 0. The van der Waals surface area contributed by atoms with Gasteiger partial charge in [-0.2, -0.15) is 0 Å². The second-order valence-corrected chi connectivity index (χ2v) is 6.21. The highest BCUT2D eigenvalue weighted by atomic mass is 16.8. The third-order valence-electron chi connectivity index (χ3n) is 4.07. The molecule has 0 spiro atoms. The molecule has 140 valence electrons. The second kappa shape index (κ2) is 12.9. The van der Waals surface area contributed by atoms with E-state index < -0.39 is 24.5 Å². The van der Waals surface area contributed by atoms with Gasteiger partial charge in [0.15, 0.2) is 0 Å². The van der Waals surface area contributed by atoms with E-state index in [-0.39, 0.29) is 0 Å². The Hall–Kier alpha value is -1.46. The highest BCUT2D eigenvalue weighted by molar-refractivity contribution is 5.61. The van der Waals surface area contributed by atoms with Gasteiger partial charge in [0.05, 0.1) is 13.2 Å². The second-order valence-electron chi connectivity index (χ2n) is 6.21. The van der Waals surface area contributed by atoms with Crippen LogP contribution in [0.2, 0.25) is 0 Å². The third-order valence-corrected chi connectivity index (χ3v) is 4.07. The van der Waals surface area contributed by atoms with E-state index in [4.69, 9.17) is 18.9 Å². The molecule has 0 aromatic carbocycles. The lowest BCUT2D eigenvalue weighted by Crippen LogP contribution is -2.38. The van der Waals surface area contributed by atoms with Crippen LogP contribution in [0.25, 0.3) is 0 Å². The molecule has 6 heteroatoms. The van der Waals surface area contributed by atoms with Crippen molar-refractivity contribution >= 4 is 12.3 Å². The molecule has 1 rings (SSSR count). The summed E-state index contributed by atoms with van der Waals surface area (Å²) in [6.07, 6.45) is 6.84. The van der Waals surface area contributed by atoms with E-state index in [0.29, 0.717) is 26.1 Å². The predicted molar refractivity (Wildman–Crippen MR) is 90.0 cm³/mol. The Bertz CT molecular complexity index is 323. The lowest BCUT2D eigenvalue weighted by molar-refractivity contribution is -0.0713. The molecule has 0 heterocycles. The van der Waals surface area contributed by atoms with Crippen LogP contribution in [0.15, 0.2) is 0 Å². The van der Waals surface area contributed by atoms with Gasteiger partial charge in [0.2, 0.25) is 0 Å². The van der Waals surface area contributed by atoms with Crippen LogP contribution in [0.4, 0.5) is 9.59 Å². The fourth-order valence-electron chi connectivity index (χ4n) is 2.66. The molecule has 1 aliphatic carbocycles. The van der Waals surface area contributed by atoms with Gasteiger partial charge in [0, 0.05) is 0 Å². The summed E-state index contributed by atoms with van der Waals surface area (Å²) < 4.78 is 20.8.